The molecule has 0 radical (unpaired) electrons. The normalized spacial score (nSPS) is 11.6. The van der Waals surface area contributed by atoms with Gasteiger partial charge >= 0.3 is 0 Å². The fraction of sp³-hybridized carbons (Fsp3) is 0.429. The molecule has 0 bridgehead atoms. The number of nitrogens with one attached hydrogen (secondary N) is 1. The molecule has 3 heteroatoms. The van der Waals surface area contributed by atoms with Crippen LogP contribution in [0, 0.1) is 0 Å². The number of furan rings is 1. The second kappa shape index (κ2) is 5.23. The van der Waals surface area contributed by atoms with Gasteiger partial charge in [-0.15, -0.1) is 0 Å². The topological polar surface area (TPSA) is 25.2 Å². The van der Waals surface area contributed by atoms with Gasteiger partial charge in [0.15, 0.2) is 0 Å². The maximum Gasteiger partial charge on any atom is 0.134 e. The van der Waals surface area contributed by atoms with Crippen molar-refractivity contribution in [3.8, 4) is 0 Å². The SMILES string of the molecule is CCNCc1oc2ccc(Br)cc2c1C(C)C. The second-order valence-corrected chi connectivity index (χ2v) is 5.43. The molecular weight excluding hydrogens is 278 g/mol. The van der Waals surface area contributed by atoms with Gasteiger partial charge in [0.2, 0.25) is 0 Å². The van der Waals surface area contributed by atoms with Crippen LogP contribution >= 0.6 is 15.9 Å². The van der Waals surface area contributed by atoms with Gasteiger partial charge in [-0.3, -0.25) is 0 Å². The van der Waals surface area contributed by atoms with E-state index in [0.29, 0.717) is 5.92 Å². The molecule has 0 spiro atoms. The summed E-state index contributed by atoms with van der Waals surface area (Å²) in [7, 11) is 0. The molecule has 17 heavy (non-hydrogen) atoms. The average molecular weight is 296 g/mol. The minimum absolute atomic E-state index is 0.471. The number of rotatable bonds is 4. The summed E-state index contributed by atoms with van der Waals surface area (Å²) in [5, 5.41) is 4.55. The van der Waals surface area contributed by atoms with E-state index in [1.54, 1.807) is 0 Å². The van der Waals surface area contributed by atoms with Crippen LogP contribution < -0.4 is 5.32 Å². The molecule has 0 aliphatic heterocycles. The van der Waals surface area contributed by atoms with E-state index < -0.39 is 0 Å². The Labute approximate surface area is 111 Å². The molecule has 0 aliphatic rings. The lowest BCUT2D eigenvalue weighted by molar-refractivity contribution is 0.510. The van der Waals surface area contributed by atoms with Crippen LogP contribution in [0.4, 0.5) is 0 Å². The maximum absolute atomic E-state index is 5.93. The Kier molecular flexibility index (Phi) is 3.89. The summed E-state index contributed by atoms with van der Waals surface area (Å²) in [5.74, 6) is 1.54. The van der Waals surface area contributed by atoms with Crippen LogP contribution in [0.25, 0.3) is 11.0 Å². The van der Waals surface area contributed by atoms with E-state index in [9.17, 15) is 0 Å². The van der Waals surface area contributed by atoms with Gasteiger partial charge in [0, 0.05) is 15.4 Å². The highest BCUT2D eigenvalue weighted by Crippen LogP contribution is 2.33. The van der Waals surface area contributed by atoms with Crippen molar-refractivity contribution in [2.75, 3.05) is 6.54 Å². The summed E-state index contributed by atoms with van der Waals surface area (Å²) in [6.45, 7) is 8.28. The first-order valence-corrected chi connectivity index (χ1v) is 6.84. The average Bonchev–Trinajstić information content (AvgIpc) is 2.63. The highest BCUT2D eigenvalue weighted by atomic mass is 79.9. The van der Waals surface area contributed by atoms with Gasteiger partial charge in [0.1, 0.15) is 11.3 Å². The van der Waals surface area contributed by atoms with E-state index in [1.165, 1.54) is 10.9 Å². The van der Waals surface area contributed by atoms with Crippen LogP contribution in [0.15, 0.2) is 27.1 Å². The Morgan fingerprint density at radius 3 is 2.76 bits per heavy atom. The van der Waals surface area contributed by atoms with E-state index in [2.05, 4.69) is 48.1 Å². The Bertz CT molecular complexity index is 516. The lowest BCUT2D eigenvalue weighted by Crippen LogP contribution is -2.12. The molecule has 0 saturated heterocycles. The molecule has 0 saturated carbocycles. The Morgan fingerprint density at radius 2 is 2.12 bits per heavy atom. The molecule has 2 rings (SSSR count). The summed E-state index contributed by atoms with van der Waals surface area (Å²) >= 11 is 3.52. The van der Waals surface area contributed by atoms with Crippen molar-refractivity contribution in [3.63, 3.8) is 0 Å². The van der Waals surface area contributed by atoms with Crippen LogP contribution in [0.5, 0.6) is 0 Å². The third-order valence-electron chi connectivity index (χ3n) is 2.88. The minimum atomic E-state index is 0.471. The Balaban J connectivity index is 2.54. The smallest absolute Gasteiger partial charge is 0.134 e. The van der Waals surface area contributed by atoms with Crippen molar-refractivity contribution in [3.05, 3.63) is 34.0 Å². The number of hydrogen-bond donors (Lipinski definition) is 1. The molecular formula is C14H18BrNO. The Hall–Kier alpha value is -0.800. The van der Waals surface area contributed by atoms with Gasteiger partial charge in [-0.25, -0.2) is 0 Å². The monoisotopic (exact) mass is 295 g/mol. The summed E-state index contributed by atoms with van der Waals surface area (Å²) in [4.78, 5) is 0. The fourth-order valence-electron chi connectivity index (χ4n) is 2.14. The fourth-order valence-corrected chi connectivity index (χ4v) is 2.50. The molecule has 2 aromatic rings. The second-order valence-electron chi connectivity index (χ2n) is 4.51. The van der Waals surface area contributed by atoms with E-state index in [1.807, 2.05) is 12.1 Å². The van der Waals surface area contributed by atoms with Crippen molar-refractivity contribution in [1.82, 2.24) is 5.32 Å². The van der Waals surface area contributed by atoms with Gasteiger partial charge < -0.3 is 9.73 Å². The van der Waals surface area contributed by atoms with Crippen molar-refractivity contribution >= 4 is 26.9 Å². The predicted octanol–water partition coefficient (Wildman–Crippen LogP) is 4.43. The van der Waals surface area contributed by atoms with Crippen molar-refractivity contribution in [1.29, 1.82) is 0 Å². The molecule has 92 valence electrons. The molecule has 0 amide bonds. The quantitative estimate of drug-likeness (QED) is 0.903. The summed E-state index contributed by atoms with van der Waals surface area (Å²) < 4.78 is 7.03. The number of halogens is 1. The molecule has 2 nitrogen and oxygen atoms in total. The van der Waals surface area contributed by atoms with E-state index >= 15 is 0 Å². The Morgan fingerprint density at radius 1 is 1.35 bits per heavy atom. The van der Waals surface area contributed by atoms with E-state index in [0.717, 1.165) is 28.9 Å². The molecule has 0 unspecified atom stereocenters. The molecule has 1 aromatic carbocycles. The van der Waals surface area contributed by atoms with Crippen LogP contribution in [0.3, 0.4) is 0 Å². The zero-order chi connectivity index (χ0) is 12.4. The first-order chi connectivity index (χ1) is 8.13. The van der Waals surface area contributed by atoms with Gasteiger partial charge in [0.05, 0.1) is 6.54 Å². The lowest BCUT2D eigenvalue weighted by atomic mass is 9.99. The van der Waals surface area contributed by atoms with Gasteiger partial charge in [-0.2, -0.15) is 0 Å². The van der Waals surface area contributed by atoms with Gasteiger partial charge in [-0.1, -0.05) is 36.7 Å². The number of benzene rings is 1. The van der Waals surface area contributed by atoms with E-state index in [-0.39, 0.29) is 0 Å². The summed E-state index contributed by atoms with van der Waals surface area (Å²) in [5.41, 5.74) is 2.30. The molecule has 0 fully saturated rings. The van der Waals surface area contributed by atoms with Crippen LogP contribution in [-0.4, -0.2) is 6.54 Å². The molecule has 1 N–H and O–H groups in total. The van der Waals surface area contributed by atoms with Gasteiger partial charge in [0.25, 0.3) is 0 Å². The molecule has 0 aliphatic carbocycles. The van der Waals surface area contributed by atoms with Crippen LogP contribution in [0.2, 0.25) is 0 Å². The number of fused-ring (bicyclic) bond motifs is 1. The zero-order valence-electron chi connectivity index (χ0n) is 10.5. The molecule has 0 atom stereocenters. The molecule has 1 heterocycles. The summed E-state index contributed by atoms with van der Waals surface area (Å²) in [6, 6.07) is 6.19. The van der Waals surface area contributed by atoms with Crippen molar-refractivity contribution < 1.29 is 4.42 Å². The summed E-state index contributed by atoms with van der Waals surface area (Å²) in [6.07, 6.45) is 0. The predicted molar refractivity (Wildman–Crippen MR) is 75.4 cm³/mol. The maximum atomic E-state index is 5.93. The largest absolute Gasteiger partial charge is 0.459 e. The standard InChI is InChI=1S/C14H18BrNO/c1-4-16-8-13-14(9(2)3)11-7-10(15)5-6-12(11)17-13/h5-7,9,16H,4,8H2,1-3H3. The first-order valence-electron chi connectivity index (χ1n) is 6.05. The third-order valence-corrected chi connectivity index (χ3v) is 3.37. The van der Waals surface area contributed by atoms with Crippen molar-refractivity contribution in [2.45, 2.75) is 33.2 Å². The van der Waals surface area contributed by atoms with Crippen molar-refractivity contribution in [2.24, 2.45) is 0 Å². The lowest BCUT2D eigenvalue weighted by Gasteiger charge is -2.06. The van der Waals surface area contributed by atoms with E-state index in [4.69, 9.17) is 4.42 Å². The zero-order valence-corrected chi connectivity index (χ0v) is 12.1. The van der Waals surface area contributed by atoms with Gasteiger partial charge in [-0.05, 0) is 30.7 Å². The van der Waals surface area contributed by atoms with Crippen LogP contribution in [-0.2, 0) is 6.54 Å². The highest BCUT2D eigenvalue weighted by molar-refractivity contribution is 9.10. The minimum Gasteiger partial charge on any atom is -0.459 e. The molecule has 1 aromatic heterocycles. The number of hydrogen-bond acceptors (Lipinski definition) is 2. The third kappa shape index (κ3) is 2.55. The highest BCUT2D eigenvalue weighted by Gasteiger charge is 2.16. The van der Waals surface area contributed by atoms with Crippen LogP contribution in [0.1, 0.15) is 38.0 Å². The first kappa shape index (κ1) is 12.7.